The first kappa shape index (κ1) is 24.1. The third-order valence-corrected chi connectivity index (χ3v) is 7.90. The summed E-state index contributed by atoms with van der Waals surface area (Å²) >= 11 is 0. The summed E-state index contributed by atoms with van der Waals surface area (Å²) in [5, 5.41) is 7.37. The van der Waals surface area contributed by atoms with Gasteiger partial charge in [-0.25, -0.2) is 0 Å². The van der Waals surface area contributed by atoms with Gasteiger partial charge in [0.25, 0.3) is 0 Å². The van der Waals surface area contributed by atoms with Crippen molar-refractivity contribution < 1.29 is 0 Å². The highest BCUT2D eigenvalue weighted by molar-refractivity contribution is 6.26. The van der Waals surface area contributed by atoms with Crippen LogP contribution in [0.25, 0.3) is 77.1 Å². The van der Waals surface area contributed by atoms with E-state index in [1.807, 2.05) is 73.6 Å². The van der Waals surface area contributed by atoms with Crippen LogP contribution in [0.15, 0.2) is 146 Å². The maximum Gasteiger partial charge on any atom is 0.0717 e. The lowest BCUT2D eigenvalue weighted by atomic mass is 9.90. The Bertz CT molecular complexity index is 2060. The molecule has 0 fully saturated rings. The normalized spacial score (nSPS) is 11.3. The molecule has 8 rings (SSSR count). The van der Waals surface area contributed by atoms with Gasteiger partial charge >= 0.3 is 0 Å². The van der Waals surface area contributed by atoms with Crippen LogP contribution in [0.4, 0.5) is 0 Å². The van der Waals surface area contributed by atoms with Gasteiger partial charge in [0.1, 0.15) is 0 Å². The number of hydrogen-bond donors (Lipinski definition) is 0. The van der Waals surface area contributed by atoms with Crippen LogP contribution in [0.5, 0.6) is 0 Å². The molecule has 4 heterocycles. The van der Waals surface area contributed by atoms with Gasteiger partial charge in [0.05, 0.1) is 11.4 Å². The molecule has 8 aromatic rings. The standard InChI is InChI=1S/C38H24N4/c1-2-8-32-31(7-1)35-19-25(27-17-29(23-39-21-27)37-9-3-5-15-41-37)11-13-33(35)34-14-12-26(20-36(32)34)28-18-30(24-40-22-28)38-10-4-6-16-42-38/h1-24H. The minimum absolute atomic E-state index is 0.917. The fourth-order valence-corrected chi connectivity index (χ4v) is 5.86. The van der Waals surface area contributed by atoms with E-state index < -0.39 is 0 Å². The Hall–Kier alpha value is -5.74. The van der Waals surface area contributed by atoms with Gasteiger partial charge in [0, 0.05) is 59.4 Å². The quantitative estimate of drug-likeness (QED) is 0.210. The molecule has 196 valence electrons. The van der Waals surface area contributed by atoms with Crippen LogP contribution in [0.3, 0.4) is 0 Å². The first-order chi connectivity index (χ1) is 20.8. The van der Waals surface area contributed by atoms with Crippen LogP contribution in [0.2, 0.25) is 0 Å². The lowest BCUT2D eigenvalue weighted by Crippen LogP contribution is -1.89. The lowest BCUT2D eigenvalue weighted by Gasteiger charge is -2.14. The van der Waals surface area contributed by atoms with Crippen LogP contribution < -0.4 is 0 Å². The third-order valence-electron chi connectivity index (χ3n) is 7.90. The zero-order valence-corrected chi connectivity index (χ0v) is 22.6. The van der Waals surface area contributed by atoms with E-state index in [-0.39, 0.29) is 0 Å². The van der Waals surface area contributed by atoms with Crippen molar-refractivity contribution in [2.45, 2.75) is 0 Å². The molecular formula is C38H24N4. The molecule has 0 spiro atoms. The monoisotopic (exact) mass is 536 g/mol. The zero-order valence-electron chi connectivity index (χ0n) is 22.6. The summed E-state index contributed by atoms with van der Waals surface area (Å²) in [5.41, 5.74) is 8.25. The van der Waals surface area contributed by atoms with Crippen LogP contribution in [0, 0.1) is 0 Å². The van der Waals surface area contributed by atoms with Gasteiger partial charge in [-0.3, -0.25) is 19.9 Å². The first-order valence-corrected chi connectivity index (χ1v) is 13.9. The van der Waals surface area contributed by atoms with Gasteiger partial charge < -0.3 is 0 Å². The highest BCUT2D eigenvalue weighted by Gasteiger charge is 2.12. The fourth-order valence-electron chi connectivity index (χ4n) is 5.86. The van der Waals surface area contributed by atoms with Gasteiger partial charge in [-0.2, -0.15) is 0 Å². The van der Waals surface area contributed by atoms with Crippen molar-refractivity contribution >= 4 is 32.3 Å². The summed E-state index contributed by atoms with van der Waals surface area (Å²) < 4.78 is 0. The van der Waals surface area contributed by atoms with Gasteiger partial charge in [0.15, 0.2) is 0 Å². The number of benzene rings is 4. The van der Waals surface area contributed by atoms with E-state index in [2.05, 4.69) is 92.7 Å². The third kappa shape index (κ3) is 4.18. The predicted octanol–water partition coefficient (Wildman–Crippen LogP) is 9.39. The Balaban J connectivity index is 1.28. The lowest BCUT2D eigenvalue weighted by molar-refractivity contribution is 1.28. The summed E-state index contributed by atoms with van der Waals surface area (Å²) in [4.78, 5) is 18.1. The fraction of sp³-hybridized carbons (Fsp3) is 0. The number of pyridine rings is 4. The molecular weight excluding hydrogens is 512 g/mol. The van der Waals surface area contributed by atoms with E-state index >= 15 is 0 Å². The van der Waals surface area contributed by atoms with E-state index in [0.717, 1.165) is 44.8 Å². The van der Waals surface area contributed by atoms with Gasteiger partial charge in [-0.05, 0) is 92.0 Å². The van der Waals surface area contributed by atoms with Gasteiger partial charge in [0.2, 0.25) is 0 Å². The highest BCUT2D eigenvalue weighted by Crippen LogP contribution is 2.39. The molecule has 0 unspecified atom stereocenters. The molecule has 4 heteroatoms. The SMILES string of the molecule is c1ccc(-c2cncc(-c3ccc4c5ccc(-c6cncc(-c7ccccn7)c6)cc5c5ccccc5c4c3)c2)nc1. The predicted molar refractivity (Wildman–Crippen MR) is 172 cm³/mol. The van der Waals surface area contributed by atoms with Crippen molar-refractivity contribution in [3.05, 3.63) is 146 Å². The van der Waals surface area contributed by atoms with Crippen LogP contribution in [0.1, 0.15) is 0 Å². The summed E-state index contributed by atoms with van der Waals surface area (Å²) in [6.07, 6.45) is 11.2. The Morgan fingerprint density at radius 3 is 1.19 bits per heavy atom. The second-order valence-electron chi connectivity index (χ2n) is 10.4. The molecule has 0 N–H and O–H groups in total. The van der Waals surface area contributed by atoms with Crippen LogP contribution in [-0.2, 0) is 0 Å². The molecule has 42 heavy (non-hydrogen) atoms. The van der Waals surface area contributed by atoms with Crippen molar-refractivity contribution in [2.75, 3.05) is 0 Å². The van der Waals surface area contributed by atoms with E-state index in [1.54, 1.807) is 0 Å². The van der Waals surface area contributed by atoms with Gasteiger partial charge in [-0.1, -0.05) is 60.7 Å². The topological polar surface area (TPSA) is 51.6 Å². The number of aromatic nitrogens is 4. The minimum atomic E-state index is 0.917. The molecule has 0 saturated heterocycles. The van der Waals surface area contributed by atoms with Crippen molar-refractivity contribution in [3.8, 4) is 44.8 Å². The van der Waals surface area contributed by atoms with E-state index in [9.17, 15) is 0 Å². The van der Waals surface area contributed by atoms with Crippen molar-refractivity contribution in [1.82, 2.24) is 19.9 Å². The summed E-state index contributed by atoms with van der Waals surface area (Å²) in [7, 11) is 0. The average Bonchev–Trinajstić information content (AvgIpc) is 3.09. The second kappa shape index (κ2) is 10.0. The van der Waals surface area contributed by atoms with E-state index in [4.69, 9.17) is 0 Å². The number of nitrogens with zero attached hydrogens (tertiary/aromatic N) is 4. The van der Waals surface area contributed by atoms with E-state index in [1.165, 1.54) is 32.3 Å². The van der Waals surface area contributed by atoms with Crippen molar-refractivity contribution in [2.24, 2.45) is 0 Å². The number of hydrogen-bond acceptors (Lipinski definition) is 4. The summed E-state index contributed by atoms with van der Waals surface area (Å²) in [6.45, 7) is 0. The molecule has 0 aliphatic heterocycles. The second-order valence-corrected chi connectivity index (χ2v) is 10.4. The molecule has 4 nitrogen and oxygen atoms in total. The average molecular weight is 537 g/mol. The van der Waals surface area contributed by atoms with Crippen molar-refractivity contribution in [3.63, 3.8) is 0 Å². The number of rotatable bonds is 4. The molecule has 0 bridgehead atoms. The zero-order chi connectivity index (χ0) is 27.9. The molecule has 0 amide bonds. The maximum absolute atomic E-state index is 4.54. The van der Waals surface area contributed by atoms with Crippen LogP contribution in [-0.4, -0.2) is 19.9 Å². The molecule has 0 radical (unpaired) electrons. The molecule has 0 aliphatic rings. The molecule has 0 saturated carbocycles. The smallest absolute Gasteiger partial charge is 0.0717 e. The Morgan fingerprint density at radius 1 is 0.310 bits per heavy atom. The maximum atomic E-state index is 4.54. The Labute approximate surface area is 243 Å². The molecule has 4 aromatic heterocycles. The van der Waals surface area contributed by atoms with Crippen molar-refractivity contribution in [1.29, 1.82) is 0 Å². The Morgan fingerprint density at radius 2 is 0.738 bits per heavy atom. The first-order valence-electron chi connectivity index (χ1n) is 13.9. The summed E-state index contributed by atoms with van der Waals surface area (Å²) in [5.74, 6) is 0. The minimum Gasteiger partial charge on any atom is -0.263 e. The summed E-state index contributed by atoms with van der Waals surface area (Å²) in [6, 6.07) is 38.4. The largest absolute Gasteiger partial charge is 0.263 e. The van der Waals surface area contributed by atoms with Gasteiger partial charge in [-0.15, -0.1) is 0 Å². The number of fused-ring (bicyclic) bond motifs is 6. The van der Waals surface area contributed by atoms with Crippen LogP contribution >= 0.6 is 0 Å². The van der Waals surface area contributed by atoms with E-state index in [0.29, 0.717) is 0 Å². The Kier molecular flexibility index (Phi) is 5.75. The molecule has 0 aliphatic carbocycles. The molecule has 0 atom stereocenters. The molecule has 4 aromatic carbocycles. The highest BCUT2D eigenvalue weighted by atomic mass is 14.7.